The molecule has 0 unspecified atom stereocenters. The van der Waals surface area contributed by atoms with E-state index in [0.29, 0.717) is 12.5 Å². The van der Waals surface area contributed by atoms with Gasteiger partial charge in [-0.3, -0.25) is 9.69 Å². The zero-order valence-electron chi connectivity index (χ0n) is 13.6. The number of carbonyl (C=O) groups is 1. The summed E-state index contributed by atoms with van der Waals surface area (Å²) in [6.07, 6.45) is 6.54. The van der Waals surface area contributed by atoms with Gasteiger partial charge in [-0.2, -0.15) is 0 Å². The van der Waals surface area contributed by atoms with E-state index < -0.39 is 0 Å². The predicted octanol–water partition coefficient (Wildman–Crippen LogP) is 1.92. The summed E-state index contributed by atoms with van der Waals surface area (Å²) < 4.78 is 10.6. The van der Waals surface area contributed by atoms with Crippen molar-refractivity contribution < 1.29 is 13.9 Å². The second kappa shape index (κ2) is 6.42. The maximum Gasteiger partial charge on any atom is 0.230 e. The molecule has 22 heavy (non-hydrogen) atoms. The number of nitrogens with zero attached hydrogens (tertiary/aromatic N) is 2. The van der Waals surface area contributed by atoms with Crippen molar-refractivity contribution in [2.45, 2.75) is 43.7 Å². The monoisotopic (exact) mass is 306 g/mol. The van der Waals surface area contributed by atoms with Gasteiger partial charge >= 0.3 is 0 Å². The Labute approximate surface area is 132 Å². The Balaban J connectivity index is 1.55. The lowest BCUT2D eigenvalue weighted by Gasteiger charge is -2.45. The van der Waals surface area contributed by atoms with Gasteiger partial charge in [0, 0.05) is 31.8 Å². The summed E-state index contributed by atoms with van der Waals surface area (Å²) in [4.78, 5) is 16.8. The highest BCUT2D eigenvalue weighted by Crippen LogP contribution is 2.40. The first-order chi connectivity index (χ1) is 10.6. The minimum absolute atomic E-state index is 0.180. The van der Waals surface area contributed by atoms with Crippen molar-refractivity contribution in [1.82, 2.24) is 9.80 Å². The molecule has 2 aliphatic heterocycles. The molecule has 1 amide bonds. The number of ether oxygens (including phenoxy) is 1. The van der Waals surface area contributed by atoms with Gasteiger partial charge in [0.2, 0.25) is 5.91 Å². The van der Waals surface area contributed by atoms with Crippen LogP contribution in [0.15, 0.2) is 22.8 Å². The minimum atomic E-state index is 0.180. The fourth-order valence-electron chi connectivity index (χ4n) is 4.03. The quantitative estimate of drug-likeness (QED) is 0.852. The molecule has 0 radical (unpaired) electrons. The standard InChI is InChI=1S/C17H26N2O3/c1-18-14(13-21-2)5-6-17(18)7-9-19(10-8-17)16(20)12-15-4-3-11-22-15/h3-4,11,14H,5-10,12-13H2,1-2H3/t14-/m1/s1. The topological polar surface area (TPSA) is 45.9 Å². The van der Waals surface area contributed by atoms with E-state index in [1.807, 2.05) is 17.0 Å². The first-order valence-electron chi connectivity index (χ1n) is 8.17. The van der Waals surface area contributed by atoms with Crippen molar-refractivity contribution in [3.05, 3.63) is 24.2 Å². The molecule has 3 rings (SSSR count). The van der Waals surface area contributed by atoms with Crippen molar-refractivity contribution in [2.24, 2.45) is 0 Å². The fourth-order valence-corrected chi connectivity index (χ4v) is 4.03. The number of carbonyl (C=O) groups excluding carboxylic acids is 1. The molecule has 0 saturated carbocycles. The number of likely N-dealkylation sites (tertiary alicyclic amines) is 2. The molecule has 2 aliphatic rings. The van der Waals surface area contributed by atoms with Crippen LogP contribution in [0.5, 0.6) is 0 Å². The molecular formula is C17H26N2O3. The van der Waals surface area contributed by atoms with E-state index in [4.69, 9.17) is 9.15 Å². The van der Waals surface area contributed by atoms with E-state index in [0.717, 1.165) is 38.3 Å². The van der Waals surface area contributed by atoms with Crippen molar-refractivity contribution in [3.8, 4) is 0 Å². The van der Waals surface area contributed by atoms with E-state index in [-0.39, 0.29) is 11.4 Å². The van der Waals surface area contributed by atoms with Crippen LogP contribution in [0.2, 0.25) is 0 Å². The molecule has 1 spiro atoms. The highest BCUT2D eigenvalue weighted by molar-refractivity contribution is 5.78. The number of hydrogen-bond acceptors (Lipinski definition) is 4. The molecule has 5 nitrogen and oxygen atoms in total. The van der Waals surface area contributed by atoms with Gasteiger partial charge in [-0.25, -0.2) is 0 Å². The second-order valence-electron chi connectivity index (χ2n) is 6.62. The number of furan rings is 1. The molecule has 122 valence electrons. The molecular weight excluding hydrogens is 280 g/mol. The van der Waals surface area contributed by atoms with Gasteiger partial charge in [-0.1, -0.05) is 0 Å². The maximum absolute atomic E-state index is 12.3. The minimum Gasteiger partial charge on any atom is -0.469 e. The molecule has 1 atom stereocenters. The smallest absolute Gasteiger partial charge is 0.230 e. The first kappa shape index (κ1) is 15.6. The third-order valence-electron chi connectivity index (χ3n) is 5.55. The van der Waals surface area contributed by atoms with E-state index in [9.17, 15) is 4.79 Å². The summed E-state index contributed by atoms with van der Waals surface area (Å²) in [5.41, 5.74) is 0.269. The van der Waals surface area contributed by atoms with Crippen molar-refractivity contribution in [3.63, 3.8) is 0 Å². The van der Waals surface area contributed by atoms with Crippen LogP contribution in [0.1, 0.15) is 31.4 Å². The molecule has 0 aliphatic carbocycles. The van der Waals surface area contributed by atoms with E-state index in [1.54, 1.807) is 13.4 Å². The first-order valence-corrected chi connectivity index (χ1v) is 8.17. The lowest BCUT2D eigenvalue weighted by Crippen LogP contribution is -2.54. The molecule has 1 aromatic heterocycles. The number of rotatable bonds is 4. The average Bonchev–Trinajstić information content (AvgIpc) is 3.13. The number of methoxy groups -OCH3 is 1. The Morgan fingerprint density at radius 1 is 1.41 bits per heavy atom. The van der Waals surface area contributed by atoms with Gasteiger partial charge in [-0.05, 0) is 44.9 Å². The Kier molecular flexibility index (Phi) is 4.54. The van der Waals surface area contributed by atoms with Crippen LogP contribution in [0, 0.1) is 0 Å². The molecule has 0 N–H and O–H groups in total. The Morgan fingerprint density at radius 2 is 2.18 bits per heavy atom. The largest absolute Gasteiger partial charge is 0.469 e. The van der Waals surface area contributed by atoms with Gasteiger partial charge in [0.25, 0.3) is 0 Å². The lowest BCUT2D eigenvalue weighted by molar-refractivity contribution is -0.133. The van der Waals surface area contributed by atoms with Crippen molar-refractivity contribution >= 4 is 5.91 Å². The van der Waals surface area contributed by atoms with Crippen LogP contribution in [0.25, 0.3) is 0 Å². The normalized spacial score (nSPS) is 25.0. The van der Waals surface area contributed by atoms with Crippen molar-refractivity contribution in [2.75, 3.05) is 33.9 Å². The zero-order valence-corrected chi connectivity index (χ0v) is 13.6. The summed E-state index contributed by atoms with van der Waals surface area (Å²) >= 11 is 0. The molecule has 1 aromatic rings. The molecule has 3 heterocycles. The Morgan fingerprint density at radius 3 is 2.82 bits per heavy atom. The number of amides is 1. The number of likely N-dealkylation sites (N-methyl/N-ethyl adjacent to an activating group) is 1. The molecule has 2 fully saturated rings. The van der Waals surface area contributed by atoms with E-state index >= 15 is 0 Å². The van der Waals surface area contributed by atoms with Gasteiger partial charge in [-0.15, -0.1) is 0 Å². The molecule has 5 heteroatoms. The summed E-state index contributed by atoms with van der Waals surface area (Å²) in [6, 6.07) is 4.22. The van der Waals surface area contributed by atoms with E-state index in [1.165, 1.54) is 12.8 Å². The molecule has 0 aromatic carbocycles. The van der Waals surface area contributed by atoms with Gasteiger partial charge < -0.3 is 14.1 Å². The Bertz CT molecular complexity index is 492. The van der Waals surface area contributed by atoms with E-state index in [2.05, 4.69) is 11.9 Å². The van der Waals surface area contributed by atoms with Gasteiger partial charge in [0.05, 0.1) is 19.3 Å². The summed E-state index contributed by atoms with van der Waals surface area (Å²) in [5, 5.41) is 0. The summed E-state index contributed by atoms with van der Waals surface area (Å²) in [7, 11) is 3.99. The van der Waals surface area contributed by atoms with Gasteiger partial charge in [0.15, 0.2) is 0 Å². The average molecular weight is 306 g/mol. The highest BCUT2D eigenvalue weighted by atomic mass is 16.5. The molecule has 2 saturated heterocycles. The third kappa shape index (κ3) is 2.92. The van der Waals surface area contributed by atoms with Gasteiger partial charge in [0.1, 0.15) is 5.76 Å². The number of hydrogen-bond donors (Lipinski definition) is 0. The van der Waals surface area contributed by atoms with Crippen LogP contribution in [-0.2, 0) is 16.0 Å². The SMILES string of the molecule is COC[C@H]1CCC2(CCN(C(=O)Cc3ccco3)CC2)N1C. The van der Waals surface area contributed by atoms with Crippen LogP contribution >= 0.6 is 0 Å². The summed E-state index contributed by atoms with van der Waals surface area (Å²) in [6.45, 7) is 2.51. The highest BCUT2D eigenvalue weighted by Gasteiger charge is 2.46. The lowest BCUT2D eigenvalue weighted by atomic mass is 9.85. The maximum atomic E-state index is 12.3. The van der Waals surface area contributed by atoms with Crippen LogP contribution in [0.4, 0.5) is 0 Å². The van der Waals surface area contributed by atoms with Crippen molar-refractivity contribution in [1.29, 1.82) is 0 Å². The molecule has 0 bridgehead atoms. The second-order valence-corrected chi connectivity index (χ2v) is 6.62. The number of piperidine rings is 1. The summed E-state index contributed by atoms with van der Waals surface area (Å²) in [5.74, 6) is 0.933. The zero-order chi connectivity index (χ0) is 15.6. The predicted molar refractivity (Wildman–Crippen MR) is 83.6 cm³/mol. The fraction of sp³-hybridized carbons (Fsp3) is 0.706. The van der Waals surface area contributed by atoms with Crippen LogP contribution in [-0.4, -0.2) is 61.1 Å². The third-order valence-corrected chi connectivity index (χ3v) is 5.55. The Hall–Kier alpha value is -1.33. The van der Waals surface area contributed by atoms with Crippen LogP contribution in [0.3, 0.4) is 0 Å². The van der Waals surface area contributed by atoms with Crippen LogP contribution < -0.4 is 0 Å².